The fourth-order valence-electron chi connectivity index (χ4n) is 2.30. The number of hydrogen-bond acceptors (Lipinski definition) is 5. The second kappa shape index (κ2) is 9.50. The van der Waals surface area contributed by atoms with Crippen LogP contribution in [0.25, 0.3) is 0 Å². The highest BCUT2D eigenvalue weighted by atomic mass is 32.2. The third-order valence-electron chi connectivity index (χ3n) is 3.85. The van der Waals surface area contributed by atoms with Crippen molar-refractivity contribution in [2.75, 3.05) is 37.0 Å². The summed E-state index contributed by atoms with van der Waals surface area (Å²) in [4.78, 5) is 12.1. The van der Waals surface area contributed by atoms with Gasteiger partial charge in [0.05, 0.1) is 23.8 Å². The largest absolute Gasteiger partial charge is 0.382 e. The molecular weight excluding hydrogens is 368 g/mol. The lowest BCUT2D eigenvalue weighted by atomic mass is 10.1. The number of rotatable bonds is 9. The average Bonchev–Trinajstić information content (AvgIpc) is 2.62. The highest BCUT2D eigenvalue weighted by molar-refractivity contribution is 7.92. The molecule has 0 saturated heterocycles. The van der Waals surface area contributed by atoms with E-state index in [0.29, 0.717) is 30.2 Å². The molecule has 0 bridgehead atoms. The fourth-order valence-corrected chi connectivity index (χ4v) is 3.42. The van der Waals surface area contributed by atoms with Crippen LogP contribution in [0, 0.1) is 13.8 Å². The Kier molecular flexibility index (Phi) is 7.35. The average molecular weight is 392 g/mol. The topological polar surface area (TPSA) is 93.7 Å². The van der Waals surface area contributed by atoms with Gasteiger partial charge in [-0.2, -0.15) is 0 Å². The van der Waals surface area contributed by atoms with Crippen LogP contribution in [-0.4, -0.2) is 41.3 Å². The van der Waals surface area contributed by atoms with Crippen molar-refractivity contribution in [3.8, 4) is 0 Å². The SMILES string of the molecule is COCCOCC(=O)Nc1cccc(NS(=O)(=O)c2ccc(C)cc2)c1C. The van der Waals surface area contributed by atoms with Gasteiger partial charge in [0.15, 0.2) is 0 Å². The Morgan fingerprint density at radius 2 is 1.67 bits per heavy atom. The van der Waals surface area contributed by atoms with Gasteiger partial charge in [-0.3, -0.25) is 9.52 Å². The molecule has 0 unspecified atom stereocenters. The van der Waals surface area contributed by atoms with E-state index in [-0.39, 0.29) is 17.4 Å². The number of sulfonamides is 1. The third kappa shape index (κ3) is 6.06. The molecule has 0 fully saturated rings. The van der Waals surface area contributed by atoms with Crippen LogP contribution in [0.15, 0.2) is 47.4 Å². The van der Waals surface area contributed by atoms with Crippen molar-refractivity contribution < 1.29 is 22.7 Å². The van der Waals surface area contributed by atoms with Crippen LogP contribution in [0.2, 0.25) is 0 Å². The maximum absolute atomic E-state index is 12.6. The molecule has 146 valence electrons. The van der Waals surface area contributed by atoms with Gasteiger partial charge < -0.3 is 14.8 Å². The number of carbonyl (C=O) groups excluding carboxylic acids is 1. The minimum Gasteiger partial charge on any atom is -0.382 e. The molecule has 2 N–H and O–H groups in total. The van der Waals surface area contributed by atoms with Gasteiger partial charge in [-0.25, -0.2) is 8.42 Å². The molecule has 0 aliphatic rings. The first-order valence-electron chi connectivity index (χ1n) is 8.39. The first kappa shape index (κ1) is 20.9. The second-order valence-corrected chi connectivity index (χ2v) is 7.67. The number of ether oxygens (including phenoxy) is 2. The van der Waals surface area contributed by atoms with Crippen molar-refractivity contribution >= 4 is 27.3 Å². The van der Waals surface area contributed by atoms with Gasteiger partial charge in [-0.05, 0) is 43.7 Å². The highest BCUT2D eigenvalue weighted by Crippen LogP contribution is 2.26. The highest BCUT2D eigenvalue weighted by Gasteiger charge is 2.16. The molecule has 1 amide bonds. The fraction of sp³-hybridized carbons (Fsp3) is 0.316. The number of amides is 1. The van der Waals surface area contributed by atoms with Gasteiger partial charge in [-0.1, -0.05) is 23.8 Å². The minimum atomic E-state index is -3.72. The molecule has 0 atom stereocenters. The Labute approximate surface area is 159 Å². The van der Waals surface area contributed by atoms with Gasteiger partial charge in [0.1, 0.15) is 6.61 Å². The maximum Gasteiger partial charge on any atom is 0.261 e. The van der Waals surface area contributed by atoms with E-state index in [4.69, 9.17) is 9.47 Å². The summed E-state index contributed by atoms with van der Waals surface area (Å²) < 4.78 is 37.7. The summed E-state index contributed by atoms with van der Waals surface area (Å²) in [5.41, 5.74) is 2.49. The van der Waals surface area contributed by atoms with Crippen molar-refractivity contribution in [3.05, 3.63) is 53.6 Å². The molecule has 0 aliphatic carbocycles. The first-order chi connectivity index (χ1) is 12.8. The van der Waals surface area contributed by atoms with Crippen LogP contribution in [0.1, 0.15) is 11.1 Å². The van der Waals surface area contributed by atoms with E-state index in [2.05, 4.69) is 10.0 Å². The molecule has 27 heavy (non-hydrogen) atoms. The lowest BCUT2D eigenvalue weighted by Crippen LogP contribution is -2.20. The maximum atomic E-state index is 12.6. The molecule has 0 aliphatic heterocycles. The van der Waals surface area contributed by atoms with E-state index >= 15 is 0 Å². The van der Waals surface area contributed by atoms with E-state index in [1.165, 1.54) is 0 Å². The van der Waals surface area contributed by atoms with E-state index < -0.39 is 10.0 Å². The summed E-state index contributed by atoms with van der Waals surface area (Å²) in [7, 11) is -2.17. The molecule has 2 aromatic rings. The van der Waals surface area contributed by atoms with Crippen molar-refractivity contribution in [3.63, 3.8) is 0 Å². The van der Waals surface area contributed by atoms with Gasteiger partial charge >= 0.3 is 0 Å². The molecule has 0 spiro atoms. The molecular formula is C19H24N2O5S. The Balaban J connectivity index is 2.09. The number of benzene rings is 2. The zero-order chi connectivity index (χ0) is 19.9. The molecule has 2 aromatic carbocycles. The van der Waals surface area contributed by atoms with Gasteiger partial charge in [0.25, 0.3) is 10.0 Å². The number of anilines is 2. The number of nitrogens with one attached hydrogen (secondary N) is 2. The van der Waals surface area contributed by atoms with E-state index in [1.54, 1.807) is 56.5 Å². The monoisotopic (exact) mass is 392 g/mol. The molecule has 2 rings (SSSR count). The molecule has 0 saturated carbocycles. The Morgan fingerprint density at radius 3 is 2.33 bits per heavy atom. The zero-order valence-electron chi connectivity index (χ0n) is 15.6. The molecule has 0 aromatic heterocycles. The second-order valence-electron chi connectivity index (χ2n) is 5.99. The molecule has 0 heterocycles. The number of methoxy groups -OCH3 is 1. The Morgan fingerprint density at radius 1 is 1.00 bits per heavy atom. The smallest absolute Gasteiger partial charge is 0.261 e. The first-order valence-corrected chi connectivity index (χ1v) is 9.87. The van der Waals surface area contributed by atoms with Crippen LogP contribution >= 0.6 is 0 Å². The molecule has 0 radical (unpaired) electrons. The summed E-state index contributed by atoms with van der Waals surface area (Å²) in [6.07, 6.45) is 0. The van der Waals surface area contributed by atoms with Crippen LogP contribution in [-0.2, 0) is 24.3 Å². The Bertz CT molecular complexity index is 879. The number of aryl methyl sites for hydroxylation is 1. The van der Waals surface area contributed by atoms with Crippen LogP contribution < -0.4 is 10.0 Å². The van der Waals surface area contributed by atoms with Crippen LogP contribution in [0.3, 0.4) is 0 Å². The van der Waals surface area contributed by atoms with Gasteiger partial charge in [0, 0.05) is 12.8 Å². The van der Waals surface area contributed by atoms with Crippen LogP contribution in [0.5, 0.6) is 0 Å². The van der Waals surface area contributed by atoms with E-state index in [1.807, 2.05) is 6.92 Å². The van der Waals surface area contributed by atoms with Crippen molar-refractivity contribution in [1.29, 1.82) is 0 Å². The summed E-state index contributed by atoms with van der Waals surface area (Å²) in [6, 6.07) is 11.6. The summed E-state index contributed by atoms with van der Waals surface area (Å²) >= 11 is 0. The summed E-state index contributed by atoms with van der Waals surface area (Å²) in [5.74, 6) is -0.326. The predicted octanol–water partition coefficient (Wildman–Crippen LogP) is 2.71. The van der Waals surface area contributed by atoms with E-state index in [9.17, 15) is 13.2 Å². The van der Waals surface area contributed by atoms with Crippen molar-refractivity contribution in [2.45, 2.75) is 18.7 Å². The van der Waals surface area contributed by atoms with Gasteiger partial charge in [-0.15, -0.1) is 0 Å². The Hall–Kier alpha value is -2.42. The quantitative estimate of drug-likeness (QED) is 0.640. The lowest BCUT2D eigenvalue weighted by Gasteiger charge is -2.14. The van der Waals surface area contributed by atoms with Crippen LogP contribution in [0.4, 0.5) is 11.4 Å². The lowest BCUT2D eigenvalue weighted by molar-refractivity contribution is -0.121. The van der Waals surface area contributed by atoms with E-state index in [0.717, 1.165) is 5.56 Å². The molecule has 7 nitrogen and oxygen atoms in total. The van der Waals surface area contributed by atoms with Crippen molar-refractivity contribution in [1.82, 2.24) is 0 Å². The standard InChI is InChI=1S/C19H24N2O5S/c1-14-7-9-16(10-8-14)27(23,24)21-18-6-4-5-17(15(18)2)20-19(22)13-26-12-11-25-3/h4-10,21H,11-13H2,1-3H3,(H,20,22). The third-order valence-corrected chi connectivity index (χ3v) is 5.23. The predicted molar refractivity (Wildman–Crippen MR) is 104 cm³/mol. The number of carbonyl (C=O) groups is 1. The minimum absolute atomic E-state index is 0.109. The normalized spacial score (nSPS) is 11.2. The van der Waals surface area contributed by atoms with Crippen molar-refractivity contribution in [2.24, 2.45) is 0 Å². The number of hydrogen-bond donors (Lipinski definition) is 2. The van der Waals surface area contributed by atoms with Gasteiger partial charge in [0.2, 0.25) is 5.91 Å². The summed E-state index contributed by atoms with van der Waals surface area (Å²) in [5, 5.41) is 2.72. The zero-order valence-corrected chi connectivity index (χ0v) is 16.4. The molecule has 8 heteroatoms. The summed E-state index contributed by atoms with van der Waals surface area (Å²) in [6.45, 7) is 4.23.